The SMILES string of the molecule is COCCN(CCC(N)=S)Cc1ccc(OC)c(OC)c1. The maximum atomic E-state index is 5.58. The van der Waals surface area contributed by atoms with Crippen LogP contribution >= 0.6 is 12.2 Å². The van der Waals surface area contributed by atoms with Crippen molar-refractivity contribution in [2.45, 2.75) is 13.0 Å². The Bertz CT molecular complexity index is 455. The number of thiocarbonyl (C=S) groups is 1. The molecule has 0 amide bonds. The number of benzene rings is 1. The lowest BCUT2D eigenvalue weighted by Crippen LogP contribution is -2.30. The van der Waals surface area contributed by atoms with Gasteiger partial charge in [-0.2, -0.15) is 0 Å². The van der Waals surface area contributed by atoms with E-state index < -0.39 is 0 Å². The summed E-state index contributed by atoms with van der Waals surface area (Å²) in [5, 5.41) is 0. The summed E-state index contributed by atoms with van der Waals surface area (Å²) >= 11 is 4.95. The van der Waals surface area contributed by atoms with Crippen LogP contribution in [0.5, 0.6) is 11.5 Å². The summed E-state index contributed by atoms with van der Waals surface area (Å²) in [4.78, 5) is 2.79. The van der Waals surface area contributed by atoms with Crippen LogP contribution in [0.15, 0.2) is 18.2 Å². The molecule has 1 aromatic rings. The molecule has 0 aromatic heterocycles. The van der Waals surface area contributed by atoms with Crippen LogP contribution in [-0.2, 0) is 11.3 Å². The second-order valence-corrected chi connectivity index (χ2v) is 5.20. The van der Waals surface area contributed by atoms with Gasteiger partial charge in [0.15, 0.2) is 11.5 Å². The molecule has 21 heavy (non-hydrogen) atoms. The zero-order valence-corrected chi connectivity index (χ0v) is 13.7. The number of hydrogen-bond acceptors (Lipinski definition) is 5. The zero-order valence-electron chi connectivity index (χ0n) is 12.9. The third-order valence-electron chi connectivity index (χ3n) is 3.14. The number of nitrogens with zero attached hydrogens (tertiary/aromatic N) is 1. The van der Waals surface area contributed by atoms with Crippen molar-refractivity contribution in [1.82, 2.24) is 4.90 Å². The van der Waals surface area contributed by atoms with Crippen molar-refractivity contribution in [3.63, 3.8) is 0 Å². The Hall–Kier alpha value is -1.37. The molecule has 0 saturated carbocycles. The van der Waals surface area contributed by atoms with Crippen molar-refractivity contribution >= 4 is 17.2 Å². The van der Waals surface area contributed by atoms with E-state index in [1.165, 1.54) is 0 Å². The van der Waals surface area contributed by atoms with E-state index in [-0.39, 0.29) is 0 Å². The third kappa shape index (κ3) is 6.29. The predicted molar refractivity (Wildman–Crippen MR) is 88.1 cm³/mol. The molecule has 0 fully saturated rings. The van der Waals surface area contributed by atoms with Crippen LogP contribution in [0.3, 0.4) is 0 Å². The lowest BCUT2D eigenvalue weighted by Gasteiger charge is -2.22. The van der Waals surface area contributed by atoms with Crippen LogP contribution in [0, 0.1) is 0 Å². The molecule has 2 N–H and O–H groups in total. The Kier molecular flexibility index (Phi) is 8.04. The maximum Gasteiger partial charge on any atom is 0.161 e. The average molecular weight is 312 g/mol. The molecular formula is C15H24N2O3S. The molecule has 0 radical (unpaired) electrons. The van der Waals surface area contributed by atoms with Gasteiger partial charge in [0.2, 0.25) is 0 Å². The minimum Gasteiger partial charge on any atom is -0.493 e. The fourth-order valence-corrected chi connectivity index (χ4v) is 2.09. The van der Waals surface area contributed by atoms with Gasteiger partial charge in [0.25, 0.3) is 0 Å². The first-order valence-electron chi connectivity index (χ1n) is 6.81. The lowest BCUT2D eigenvalue weighted by atomic mass is 10.2. The molecule has 0 saturated heterocycles. The molecule has 0 aliphatic carbocycles. The normalized spacial score (nSPS) is 10.7. The van der Waals surface area contributed by atoms with Crippen LogP contribution in [-0.4, -0.2) is 50.9 Å². The molecular weight excluding hydrogens is 288 g/mol. The van der Waals surface area contributed by atoms with E-state index in [4.69, 9.17) is 32.2 Å². The van der Waals surface area contributed by atoms with E-state index in [2.05, 4.69) is 4.90 Å². The van der Waals surface area contributed by atoms with Crippen molar-refractivity contribution in [3.8, 4) is 11.5 Å². The highest BCUT2D eigenvalue weighted by atomic mass is 32.1. The Morgan fingerprint density at radius 3 is 2.43 bits per heavy atom. The molecule has 0 unspecified atom stereocenters. The summed E-state index contributed by atoms with van der Waals surface area (Å²) < 4.78 is 15.7. The van der Waals surface area contributed by atoms with E-state index in [0.29, 0.717) is 18.0 Å². The van der Waals surface area contributed by atoms with Crippen molar-refractivity contribution in [2.75, 3.05) is 41.0 Å². The first kappa shape index (κ1) is 17.7. The zero-order chi connectivity index (χ0) is 15.7. The summed E-state index contributed by atoms with van der Waals surface area (Å²) in [6, 6.07) is 5.93. The highest BCUT2D eigenvalue weighted by molar-refractivity contribution is 7.80. The molecule has 6 heteroatoms. The Balaban J connectivity index is 2.74. The largest absolute Gasteiger partial charge is 0.493 e. The van der Waals surface area contributed by atoms with Crippen molar-refractivity contribution in [1.29, 1.82) is 0 Å². The standard InChI is InChI=1S/C15H24N2O3S/c1-18-9-8-17(7-6-15(16)21)11-12-4-5-13(19-2)14(10-12)20-3/h4-5,10H,6-9,11H2,1-3H3,(H2,16,21). The van der Waals surface area contributed by atoms with Crippen molar-refractivity contribution in [3.05, 3.63) is 23.8 Å². The molecule has 1 rings (SSSR count). The number of ether oxygens (including phenoxy) is 3. The van der Waals surface area contributed by atoms with Gasteiger partial charge in [0.1, 0.15) is 0 Å². The van der Waals surface area contributed by atoms with Crippen molar-refractivity contribution in [2.24, 2.45) is 5.73 Å². The molecule has 0 aliphatic rings. The summed E-state index contributed by atoms with van der Waals surface area (Å²) in [5.41, 5.74) is 6.73. The topological polar surface area (TPSA) is 57.0 Å². The first-order valence-corrected chi connectivity index (χ1v) is 7.22. The molecule has 0 atom stereocenters. The molecule has 1 aromatic carbocycles. The van der Waals surface area contributed by atoms with Gasteiger partial charge >= 0.3 is 0 Å². The Labute approximate surface area is 132 Å². The average Bonchev–Trinajstić information content (AvgIpc) is 2.49. The third-order valence-corrected chi connectivity index (χ3v) is 3.34. The predicted octanol–water partition coefficient (Wildman–Crippen LogP) is 1.83. The fraction of sp³-hybridized carbons (Fsp3) is 0.533. The van der Waals surface area contributed by atoms with E-state index in [0.717, 1.165) is 36.7 Å². The summed E-state index contributed by atoms with van der Waals surface area (Å²) in [6.45, 7) is 3.09. The fourth-order valence-electron chi connectivity index (χ4n) is 2.00. The van der Waals surface area contributed by atoms with Crippen LogP contribution in [0.4, 0.5) is 0 Å². The van der Waals surface area contributed by atoms with Gasteiger partial charge in [0, 0.05) is 33.2 Å². The summed E-state index contributed by atoms with van der Waals surface area (Å²) in [5.74, 6) is 1.46. The smallest absolute Gasteiger partial charge is 0.161 e. The molecule has 0 spiro atoms. The van der Waals surface area contributed by atoms with Crippen LogP contribution in [0.25, 0.3) is 0 Å². The first-order chi connectivity index (χ1) is 10.1. The molecule has 0 aliphatic heterocycles. The van der Waals surface area contributed by atoms with Gasteiger partial charge in [-0.1, -0.05) is 18.3 Å². The molecule has 0 bridgehead atoms. The van der Waals surface area contributed by atoms with Crippen LogP contribution in [0.2, 0.25) is 0 Å². The van der Waals surface area contributed by atoms with E-state index in [9.17, 15) is 0 Å². The Morgan fingerprint density at radius 2 is 1.86 bits per heavy atom. The van der Waals surface area contributed by atoms with Crippen LogP contribution < -0.4 is 15.2 Å². The van der Waals surface area contributed by atoms with Gasteiger partial charge in [-0.05, 0) is 17.7 Å². The van der Waals surface area contributed by atoms with Crippen molar-refractivity contribution < 1.29 is 14.2 Å². The van der Waals surface area contributed by atoms with Crippen LogP contribution in [0.1, 0.15) is 12.0 Å². The number of methoxy groups -OCH3 is 3. The van der Waals surface area contributed by atoms with E-state index in [1.807, 2.05) is 18.2 Å². The summed E-state index contributed by atoms with van der Waals surface area (Å²) in [6.07, 6.45) is 0.701. The van der Waals surface area contributed by atoms with Gasteiger partial charge < -0.3 is 19.9 Å². The highest BCUT2D eigenvalue weighted by Gasteiger charge is 2.09. The number of nitrogens with two attached hydrogens (primary N) is 1. The summed E-state index contributed by atoms with van der Waals surface area (Å²) in [7, 11) is 4.96. The van der Waals surface area contributed by atoms with Gasteiger partial charge in [0.05, 0.1) is 25.8 Å². The lowest BCUT2D eigenvalue weighted by molar-refractivity contribution is 0.146. The number of rotatable bonds is 10. The van der Waals surface area contributed by atoms with E-state index >= 15 is 0 Å². The Morgan fingerprint density at radius 1 is 1.14 bits per heavy atom. The minimum absolute atomic E-state index is 0.532. The monoisotopic (exact) mass is 312 g/mol. The van der Waals surface area contributed by atoms with E-state index in [1.54, 1.807) is 21.3 Å². The quantitative estimate of drug-likeness (QED) is 0.665. The second kappa shape index (κ2) is 9.55. The molecule has 5 nitrogen and oxygen atoms in total. The maximum absolute atomic E-state index is 5.58. The molecule has 0 heterocycles. The van der Waals surface area contributed by atoms with Gasteiger partial charge in [-0.25, -0.2) is 0 Å². The molecule has 118 valence electrons. The highest BCUT2D eigenvalue weighted by Crippen LogP contribution is 2.28. The van der Waals surface area contributed by atoms with Gasteiger partial charge in [-0.15, -0.1) is 0 Å². The van der Waals surface area contributed by atoms with Gasteiger partial charge in [-0.3, -0.25) is 4.90 Å². The second-order valence-electron chi connectivity index (χ2n) is 4.67. The minimum atomic E-state index is 0.532. The number of hydrogen-bond donors (Lipinski definition) is 1.